The highest BCUT2D eigenvalue weighted by molar-refractivity contribution is 6.02. The number of Topliss-reactive ketones (excluding diaryl/α,β-unsaturated/α-hetero) is 1. The summed E-state index contributed by atoms with van der Waals surface area (Å²) in [4.78, 5) is 36.5. The van der Waals surface area contributed by atoms with E-state index in [1.54, 1.807) is 42.5 Å². The number of esters is 1. The molecule has 0 N–H and O–H groups in total. The van der Waals surface area contributed by atoms with Crippen LogP contribution in [0.15, 0.2) is 72.8 Å². The predicted molar refractivity (Wildman–Crippen MR) is 108 cm³/mol. The van der Waals surface area contributed by atoms with Crippen molar-refractivity contribution in [3.05, 3.63) is 111 Å². The lowest BCUT2D eigenvalue weighted by Crippen LogP contribution is -2.21. The fourth-order valence-electron chi connectivity index (χ4n) is 2.98. The van der Waals surface area contributed by atoms with E-state index in [1.165, 1.54) is 25.1 Å². The van der Waals surface area contributed by atoms with Gasteiger partial charge in [0.05, 0.1) is 10.5 Å². The number of aryl methyl sites for hydroxylation is 1. The van der Waals surface area contributed by atoms with Gasteiger partial charge in [-0.3, -0.25) is 14.9 Å². The second-order valence-corrected chi connectivity index (χ2v) is 6.63. The molecule has 3 rings (SSSR count). The summed E-state index contributed by atoms with van der Waals surface area (Å²) >= 11 is 0. The van der Waals surface area contributed by atoms with Crippen LogP contribution in [0.1, 0.15) is 43.5 Å². The molecular weight excluding hydrogens is 370 g/mol. The molecule has 3 aromatic rings. The third kappa shape index (κ3) is 4.38. The molecule has 6 nitrogen and oxygen atoms in total. The number of nitro groups is 1. The Morgan fingerprint density at radius 3 is 2.17 bits per heavy atom. The number of carbonyl (C=O) groups excluding carboxylic acids is 2. The first-order valence-electron chi connectivity index (χ1n) is 8.99. The molecule has 1 atom stereocenters. The average molecular weight is 389 g/mol. The van der Waals surface area contributed by atoms with E-state index in [9.17, 15) is 19.7 Å². The quantitative estimate of drug-likeness (QED) is 0.256. The first kappa shape index (κ1) is 19.9. The third-order valence-electron chi connectivity index (χ3n) is 4.62. The van der Waals surface area contributed by atoms with Crippen LogP contribution in [0.5, 0.6) is 0 Å². The molecule has 0 aliphatic carbocycles. The highest BCUT2D eigenvalue weighted by Gasteiger charge is 2.28. The summed E-state index contributed by atoms with van der Waals surface area (Å²) in [7, 11) is 0. The van der Waals surface area contributed by atoms with Gasteiger partial charge < -0.3 is 4.74 Å². The van der Waals surface area contributed by atoms with E-state index >= 15 is 0 Å². The number of hydrogen-bond donors (Lipinski definition) is 0. The van der Waals surface area contributed by atoms with Gasteiger partial charge >= 0.3 is 5.97 Å². The summed E-state index contributed by atoms with van der Waals surface area (Å²) in [6.45, 7) is 3.39. The van der Waals surface area contributed by atoms with Gasteiger partial charge in [0.2, 0.25) is 5.78 Å². The molecule has 0 saturated heterocycles. The minimum absolute atomic E-state index is 0.0526. The SMILES string of the molecule is Cc1ccc(C(=O)[C@@H](OC(=O)c2cccc([N+](=O)[O-])c2C)c2ccccc2)cc1. The first-order valence-corrected chi connectivity index (χ1v) is 8.99. The monoisotopic (exact) mass is 389 g/mol. The Bertz CT molecular complexity index is 1060. The number of nitro benzene ring substituents is 1. The molecule has 146 valence electrons. The lowest BCUT2D eigenvalue weighted by Gasteiger charge is -2.18. The van der Waals surface area contributed by atoms with Crippen molar-refractivity contribution in [2.45, 2.75) is 20.0 Å². The summed E-state index contributed by atoms with van der Waals surface area (Å²) < 4.78 is 5.57. The van der Waals surface area contributed by atoms with Gasteiger partial charge in [0.15, 0.2) is 6.10 Å². The highest BCUT2D eigenvalue weighted by atomic mass is 16.6. The van der Waals surface area contributed by atoms with Gasteiger partial charge in [0.25, 0.3) is 5.69 Å². The van der Waals surface area contributed by atoms with Gasteiger partial charge in [0, 0.05) is 22.8 Å². The number of hydrogen-bond acceptors (Lipinski definition) is 5. The second-order valence-electron chi connectivity index (χ2n) is 6.63. The summed E-state index contributed by atoms with van der Waals surface area (Å²) in [6.07, 6.45) is -1.16. The summed E-state index contributed by atoms with van der Waals surface area (Å²) in [5.41, 5.74) is 2.00. The largest absolute Gasteiger partial charge is 0.445 e. The van der Waals surface area contributed by atoms with E-state index in [-0.39, 0.29) is 22.6 Å². The topological polar surface area (TPSA) is 86.5 Å². The first-order chi connectivity index (χ1) is 13.9. The predicted octanol–water partition coefficient (Wildman–Crippen LogP) is 4.99. The third-order valence-corrected chi connectivity index (χ3v) is 4.62. The smallest absolute Gasteiger partial charge is 0.339 e. The molecule has 29 heavy (non-hydrogen) atoms. The van der Waals surface area contributed by atoms with E-state index in [0.29, 0.717) is 11.1 Å². The molecule has 0 saturated carbocycles. The standard InChI is InChI=1S/C23H19NO5/c1-15-11-13-17(14-12-15)21(25)22(18-7-4-3-5-8-18)29-23(26)19-9-6-10-20(16(19)2)24(27)28/h3-14,22H,1-2H3/t22-/m0/s1. The minimum atomic E-state index is -1.16. The van der Waals surface area contributed by atoms with Crippen LogP contribution in [-0.2, 0) is 4.74 Å². The molecule has 0 unspecified atom stereocenters. The Morgan fingerprint density at radius 1 is 0.897 bits per heavy atom. The van der Waals surface area contributed by atoms with Gasteiger partial charge in [0.1, 0.15) is 0 Å². The van der Waals surface area contributed by atoms with Crippen molar-refractivity contribution >= 4 is 17.4 Å². The van der Waals surface area contributed by atoms with Gasteiger partial charge in [-0.1, -0.05) is 66.2 Å². The number of benzene rings is 3. The van der Waals surface area contributed by atoms with Crippen LogP contribution in [0, 0.1) is 24.0 Å². The Hall–Kier alpha value is -3.80. The lowest BCUT2D eigenvalue weighted by molar-refractivity contribution is -0.385. The number of ketones is 1. The van der Waals surface area contributed by atoms with E-state index < -0.39 is 17.0 Å². The van der Waals surface area contributed by atoms with Crippen molar-refractivity contribution in [1.82, 2.24) is 0 Å². The van der Waals surface area contributed by atoms with Crippen molar-refractivity contribution in [3.63, 3.8) is 0 Å². The van der Waals surface area contributed by atoms with Crippen LogP contribution in [-0.4, -0.2) is 16.7 Å². The molecule has 0 spiro atoms. The summed E-state index contributed by atoms with van der Waals surface area (Å²) in [5.74, 6) is -1.16. The Labute approximate surface area is 167 Å². The van der Waals surface area contributed by atoms with Crippen LogP contribution >= 0.6 is 0 Å². The van der Waals surface area contributed by atoms with E-state index in [2.05, 4.69) is 0 Å². The van der Waals surface area contributed by atoms with Crippen molar-refractivity contribution < 1.29 is 19.2 Å². The maximum Gasteiger partial charge on any atom is 0.339 e. The Morgan fingerprint density at radius 2 is 1.55 bits per heavy atom. The zero-order valence-corrected chi connectivity index (χ0v) is 16.0. The van der Waals surface area contributed by atoms with Gasteiger partial charge in [-0.25, -0.2) is 4.79 Å². The average Bonchev–Trinajstić information content (AvgIpc) is 2.72. The van der Waals surface area contributed by atoms with Crippen molar-refractivity contribution in [3.8, 4) is 0 Å². The van der Waals surface area contributed by atoms with E-state index in [0.717, 1.165) is 5.56 Å². The molecule has 0 bridgehead atoms. The van der Waals surface area contributed by atoms with Crippen molar-refractivity contribution in [2.75, 3.05) is 0 Å². The van der Waals surface area contributed by atoms with E-state index in [4.69, 9.17) is 4.74 Å². The molecule has 0 aliphatic rings. The molecule has 0 aromatic heterocycles. The fraction of sp³-hybridized carbons (Fsp3) is 0.130. The zero-order chi connectivity index (χ0) is 21.0. The molecule has 0 fully saturated rings. The van der Waals surface area contributed by atoms with Gasteiger partial charge in [-0.15, -0.1) is 0 Å². The molecule has 0 amide bonds. The van der Waals surface area contributed by atoms with Crippen molar-refractivity contribution in [1.29, 1.82) is 0 Å². The van der Waals surface area contributed by atoms with Crippen LogP contribution in [0.25, 0.3) is 0 Å². The van der Waals surface area contributed by atoms with Crippen LogP contribution < -0.4 is 0 Å². The number of nitrogens with zero attached hydrogens (tertiary/aromatic N) is 1. The fourth-order valence-corrected chi connectivity index (χ4v) is 2.98. The minimum Gasteiger partial charge on any atom is -0.445 e. The molecular formula is C23H19NO5. The maximum atomic E-state index is 13.1. The zero-order valence-electron chi connectivity index (χ0n) is 16.0. The second kappa shape index (κ2) is 8.48. The highest BCUT2D eigenvalue weighted by Crippen LogP contribution is 2.27. The Balaban J connectivity index is 1.97. The normalized spacial score (nSPS) is 11.5. The van der Waals surface area contributed by atoms with Crippen LogP contribution in [0.3, 0.4) is 0 Å². The molecule has 0 radical (unpaired) electrons. The Kier molecular flexibility index (Phi) is 5.83. The molecule has 3 aromatic carbocycles. The van der Waals surface area contributed by atoms with Gasteiger partial charge in [-0.05, 0) is 19.9 Å². The summed E-state index contributed by atoms with van der Waals surface area (Å²) in [5, 5.41) is 11.2. The maximum absolute atomic E-state index is 13.1. The van der Waals surface area contributed by atoms with Crippen molar-refractivity contribution in [2.24, 2.45) is 0 Å². The number of carbonyl (C=O) groups is 2. The summed E-state index contributed by atoms with van der Waals surface area (Å²) in [6, 6.07) is 19.8. The van der Waals surface area contributed by atoms with Crippen LogP contribution in [0.2, 0.25) is 0 Å². The lowest BCUT2D eigenvalue weighted by atomic mass is 9.98. The molecule has 0 heterocycles. The number of rotatable bonds is 6. The number of ether oxygens (including phenoxy) is 1. The van der Waals surface area contributed by atoms with Crippen LogP contribution in [0.4, 0.5) is 5.69 Å². The molecule has 0 aliphatic heterocycles. The molecule has 6 heteroatoms. The van der Waals surface area contributed by atoms with E-state index in [1.807, 2.05) is 19.1 Å². The van der Waals surface area contributed by atoms with Gasteiger partial charge in [-0.2, -0.15) is 0 Å².